The van der Waals surface area contributed by atoms with E-state index in [9.17, 15) is 23.3 Å². The number of nitro benzene ring substituents is 1. The second-order valence-corrected chi connectivity index (χ2v) is 9.37. The lowest BCUT2D eigenvalue weighted by Crippen LogP contribution is -2.27. The van der Waals surface area contributed by atoms with E-state index in [2.05, 4.69) is 10.0 Å². The molecule has 35 heavy (non-hydrogen) atoms. The van der Waals surface area contributed by atoms with Gasteiger partial charge in [-0.2, -0.15) is 0 Å². The Morgan fingerprint density at radius 2 is 1.69 bits per heavy atom. The Balaban J connectivity index is 1.74. The van der Waals surface area contributed by atoms with Crippen molar-refractivity contribution in [1.29, 1.82) is 0 Å². The van der Waals surface area contributed by atoms with Gasteiger partial charge in [0.25, 0.3) is 21.6 Å². The van der Waals surface area contributed by atoms with Crippen molar-refractivity contribution in [2.24, 2.45) is 0 Å². The van der Waals surface area contributed by atoms with Crippen LogP contribution in [-0.2, 0) is 10.0 Å². The molecule has 0 saturated carbocycles. The van der Waals surface area contributed by atoms with E-state index >= 15 is 0 Å². The van der Waals surface area contributed by atoms with Crippen LogP contribution in [0, 0.1) is 17.0 Å². The normalized spacial score (nSPS) is 11.9. The summed E-state index contributed by atoms with van der Waals surface area (Å²) in [5.74, 6) is 0.850. The molecule has 0 fully saturated rings. The molecule has 0 aliphatic carbocycles. The summed E-state index contributed by atoms with van der Waals surface area (Å²) in [6.07, 6.45) is 0. The second kappa shape index (κ2) is 10.4. The van der Waals surface area contributed by atoms with Crippen molar-refractivity contribution in [2.75, 3.05) is 18.9 Å². The molecule has 1 amide bonds. The van der Waals surface area contributed by atoms with Gasteiger partial charge in [0, 0.05) is 28.4 Å². The minimum atomic E-state index is -4.07. The zero-order valence-corrected chi connectivity index (χ0v) is 20.4. The summed E-state index contributed by atoms with van der Waals surface area (Å²) in [4.78, 5) is 23.0. The fraction of sp³-hybridized carbons (Fsp3) is 0.208. The van der Waals surface area contributed by atoms with Crippen molar-refractivity contribution in [3.8, 4) is 11.5 Å². The smallest absolute Gasteiger partial charge is 0.273 e. The SMILES string of the molecule is COc1ccc(OC)c(C(C)NC(=O)c2ccc(NS(=O)(=O)c3ccc(C)c([N+](=O)[O-])c3)cc2)c1. The molecule has 0 radical (unpaired) electrons. The number of nitro groups is 1. The van der Waals surface area contributed by atoms with Gasteiger partial charge in [-0.1, -0.05) is 6.07 Å². The maximum atomic E-state index is 12.7. The number of anilines is 1. The molecule has 0 aliphatic heterocycles. The summed E-state index contributed by atoms with van der Waals surface area (Å²) in [6.45, 7) is 3.33. The molecular formula is C24H25N3O7S. The van der Waals surface area contributed by atoms with Crippen LogP contribution in [0.4, 0.5) is 11.4 Å². The summed E-state index contributed by atoms with van der Waals surface area (Å²) in [6, 6.07) is 14.4. The first-order chi connectivity index (χ1) is 16.6. The Bertz CT molecular complexity index is 1360. The zero-order valence-electron chi connectivity index (χ0n) is 19.6. The molecule has 0 spiro atoms. The number of sulfonamides is 1. The number of carbonyl (C=O) groups excluding carboxylic acids is 1. The molecule has 3 aromatic carbocycles. The van der Waals surface area contributed by atoms with Gasteiger partial charge in [-0.3, -0.25) is 19.6 Å². The highest BCUT2D eigenvalue weighted by molar-refractivity contribution is 7.92. The minimum absolute atomic E-state index is 0.201. The van der Waals surface area contributed by atoms with Gasteiger partial charge in [0.2, 0.25) is 0 Å². The molecule has 0 heterocycles. The van der Waals surface area contributed by atoms with Gasteiger partial charge < -0.3 is 14.8 Å². The van der Waals surface area contributed by atoms with Crippen molar-refractivity contribution in [3.05, 3.63) is 87.5 Å². The van der Waals surface area contributed by atoms with Gasteiger partial charge in [-0.25, -0.2) is 8.42 Å². The molecule has 3 rings (SSSR count). The van der Waals surface area contributed by atoms with Crippen LogP contribution in [0.5, 0.6) is 11.5 Å². The van der Waals surface area contributed by atoms with E-state index in [0.29, 0.717) is 22.6 Å². The van der Waals surface area contributed by atoms with Gasteiger partial charge in [-0.05, 0) is 62.4 Å². The Hall–Kier alpha value is -4.12. The lowest BCUT2D eigenvalue weighted by molar-refractivity contribution is -0.385. The maximum Gasteiger partial charge on any atom is 0.273 e. The molecule has 1 atom stereocenters. The predicted molar refractivity (Wildman–Crippen MR) is 131 cm³/mol. The summed E-state index contributed by atoms with van der Waals surface area (Å²) < 4.78 is 38.4. The fourth-order valence-electron chi connectivity index (χ4n) is 3.39. The van der Waals surface area contributed by atoms with Crippen molar-refractivity contribution in [3.63, 3.8) is 0 Å². The number of rotatable bonds is 9. The fourth-order valence-corrected chi connectivity index (χ4v) is 4.47. The molecule has 11 heteroatoms. The van der Waals surface area contributed by atoms with Gasteiger partial charge >= 0.3 is 0 Å². The van der Waals surface area contributed by atoms with Crippen LogP contribution in [0.2, 0.25) is 0 Å². The van der Waals surface area contributed by atoms with Crippen molar-refractivity contribution < 1.29 is 27.6 Å². The number of hydrogen-bond donors (Lipinski definition) is 2. The molecule has 184 valence electrons. The Morgan fingerprint density at radius 1 is 1.00 bits per heavy atom. The monoisotopic (exact) mass is 499 g/mol. The van der Waals surface area contributed by atoms with E-state index in [1.807, 2.05) is 0 Å². The average Bonchev–Trinajstić information content (AvgIpc) is 2.83. The molecule has 3 aromatic rings. The van der Waals surface area contributed by atoms with Gasteiger partial charge in [0.05, 0.1) is 30.1 Å². The number of hydrogen-bond acceptors (Lipinski definition) is 7. The second-order valence-electron chi connectivity index (χ2n) is 7.69. The topological polar surface area (TPSA) is 137 Å². The van der Waals surface area contributed by atoms with E-state index in [1.54, 1.807) is 32.2 Å². The lowest BCUT2D eigenvalue weighted by atomic mass is 10.1. The van der Waals surface area contributed by atoms with E-state index in [1.165, 1.54) is 50.4 Å². The molecule has 0 aliphatic rings. The average molecular weight is 500 g/mol. The summed E-state index contributed by atoms with van der Waals surface area (Å²) >= 11 is 0. The van der Waals surface area contributed by atoms with E-state index in [-0.39, 0.29) is 22.2 Å². The standard InChI is InChI=1S/C24H25N3O7S/c1-15-5-11-20(14-22(15)27(29)30)35(31,32)26-18-8-6-17(7-9-18)24(28)25-16(2)21-13-19(33-3)10-12-23(21)34-4/h5-14,16,26H,1-4H3,(H,25,28). The van der Waals surface area contributed by atoms with Crippen LogP contribution < -0.4 is 19.5 Å². The lowest BCUT2D eigenvalue weighted by Gasteiger charge is -2.18. The molecule has 0 bridgehead atoms. The summed E-state index contributed by atoms with van der Waals surface area (Å²) in [5, 5.41) is 14.0. The zero-order chi connectivity index (χ0) is 25.8. The van der Waals surface area contributed by atoms with Crippen molar-refractivity contribution in [2.45, 2.75) is 24.8 Å². The van der Waals surface area contributed by atoms with Crippen molar-refractivity contribution >= 4 is 27.3 Å². The first-order valence-corrected chi connectivity index (χ1v) is 11.9. The van der Waals surface area contributed by atoms with E-state index in [4.69, 9.17) is 9.47 Å². The molecule has 0 aromatic heterocycles. The maximum absolute atomic E-state index is 12.7. The Morgan fingerprint density at radius 3 is 2.29 bits per heavy atom. The molecule has 10 nitrogen and oxygen atoms in total. The first kappa shape index (κ1) is 25.5. The third kappa shape index (κ3) is 5.87. The molecular weight excluding hydrogens is 474 g/mol. The number of ether oxygens (including phenoxy) is 2. The third-order valence-corrected chi connectivity index (χ3v) is 6.72. The van der Waals surface area contributed by atoms with Crippen LogP contribution in [0.3, 0.4) is 0 Å². The largest absolute Gasteiger partial charge is 0.497 e. The van der Waals surface area contributed by atoms with Gasteiger partial charge in [0.15, 0.2) is 0 Å². The first-order valence-electron chi connectivity index (χ1n) is 10.5. The highest BCUT2D eigenvalue weighted by atomic mass is 32.2. The molecule has 2 N–H and O–H groups in total. The number of methoxy groups -OCH3 is 2. The highest BCUT2D eigenvalue weighted by Crippen LogP contribution is 2.29. The van der Waals surface area contributed by atoms with E-state index < -0.39 is 21.0 Å². The molecule has 0 saturated heterocycles. The number of aryl methyl sites for hydroxylation is 1. The Kier molecular flexibility index (Phi) is 7.60. The van der Waals surface area contributed by atoms with E-state index in [0.717, 1.165) is 11.6 Å². The predicted octanol–water partition coefficient (Wildman–Crippen LogP) is 4.21. The highest BCUT2D eigenvalue weighted by Gasteiger charge is 2.21. The molecule has 1 unspecified atom stereocenters. The Labute approximate surface area is 203 Å². The minimum Gasteiger partial charge on any atom is -0.497 e. The van der Waals surface area contributed by atoms with Crippen molar-refractivity contribution in [1.82, 2.24) is 5.32 Å². The number of amides is 1. The van der Waals surface area contributed by atoms with Crippen LogP contribution in [0.25, 0.3) is 0 Å². The number of nitrogens with zero attached hydrogens (tertiary/aromatic N) is 1. The van der Waals surface area contributed by atoms with Crippen LogP contribution in [0.1, 0.15) is 34.5 Å². The van der Waals surface area contributed by atoms with Crippen LogP contribution in [-0.4, -0.2) is 33.5 Å². The number of benzene rings is 3. The summed E-state index contributed by atoms with van der Waals surface area (Å²) in [7, 11) is -0.987. The summed E-state index contributed by atoms with van der Waals surface area (Å²) in [5.41, 5.74) is 1.31. The van der Waals surface area contributed by atoms with Gasteiger partial charge in [-0.15, -0.1) is 0 Å². The quantitative estimate of drug-likeness (QED) is 0.332. The number of carbonyl (C=O) groups is 1. The number of nitrogens with one attached hydrogen (secondary N) is 2. The third-order valence-electron chi connectivity index (χ3n) is 5.34. The van der Waals surface area contributed by atoms with Crippen LogP contribution >= 0.6 is 0 Å². The van der Waals surface area contributed by atoms with Gasteiger partial charge in [0.1, 0.15) is 11.5 Å². The van der Waals surface area contributed by atoms with Crippen LogP contribution in [0.15, 0.2) is 65.6 Å².